The van der Waals surface area contributed by atoms with Crippen LogP contribution in [0.25, 0.3) is 0 Å². The summed E-state index contributed by atoms with van der Waals surface area (Å²) in [5, 5.41) is 8.15. The zero-order valence-electron chi connectivity index (χ0n) is 17.5. The number of carbonyl (C=O) groups excluding carboxylic acids is 1. The summed E-state index contributed by atoms with van der Waals surface area (Å²) in [7, 11) is 0. The number of rotatable bonds is 7. The van der Waals surface area contributed by atoms with E-state index >= 15 is 0 Å². The second-order valence-electron chi connectivity index (χ2n) is 8.35. The second-order valence-corrected chi connectivity index (χ2v) is 8.35. The van der Waals surface area contributed by atoms with Gasteiger partial charge in [-0.25, -0.2) is 0 Å². The minimum Gasteiger partial charge on any atom is -0.348 e. The number of hydrogen-bond donors (Lipinski definition) is 1. The highest BCUT2D eigenvalue weighted by molar-refractivity contribution is 5.94. The molecule has 1 aromatic rings. The molecule has 2 aliphatic rings. The Morgan fingerprint density at radius 2 is 2.00 bits per heavy atom. The monoisotopic (exact) mass is 381 g/mol. The van der Waals surface area contributed by atoms with Gasteiger partial charge in [-0.05, 0) is 63.4 Å². The van der Waals surface area contributed by atoms with Gasteiger partial charge in [-0.2, -0.15) is 5.10 Å². The van der Waals surface area contributed by atoms with E-state index in [1.54, 1.807) is 0 Å². The van der Waals surface area contributed by atoms with Gasteiger partial charge in [0.1, 0.15) is 5.69 Å². The smallest absolute Gasteiger partial charge is 0.270 e. The minimum absolute atomic E-state index is 0.0556. The summed E-state index contributed by atoms with van der Waals surface area (Å²) in [6, 6.07) is 0.285. The van der Waals surface area contributed by atoms with E-state index in [0.717, 1.165) is 61.0 Å². The number of nitrogens with zero attached hydrogens (tertiary/aromatic N) is 2. The lowest BCUT2D eigenvalue weighted by Crippen LogP contribution is -2.42. The number of allylic oxidation sites excluding steroid dienone is 5. The van der Waals surface area contributed by atoms with Crippen LogP contribution in [0.3, 0.4) is 0 Å². The van der Waals surface area contributed by atoms with Gasteiger partial charge in [0.05, 0.1) is 12.2 Å². The fourth-order valence-corrected chi connectivity index (χ4v) is 4.44. The zero-order valence-corrected chi connectivity index (χ0v) is 17.5. The second kappa shape index (κ2) is 9.90. The molecular weight excluding hydrogens is 346 g/mol. The van der Waals surface area contributed by atoms with Crippen molar-refractivity contribution < 1.29 is 4.79 Å². The van der Waals surface area contributed by atoms with Gasteiger partial charge in [0, 0.05) is 11.6 Å². The van der Waals surface area contributed by atoms with E-state index in [-0.39, 0.29) is 11.9 Å². The normalized spacial score (nSPS) is 22.5. The molecule has 3 rings (SSSR count). The average molecular weight is 382 g/mol. The van der Waals surface area contributed by atoms with E-state index in [1.165, 1.54) is 19.3 Å². The third kappa shape index (κ3) is 5.03. The molecule has 0 aromatic carbocycles. The van der Waals surface area contributed by atoms with Gasteiger partial charge in [-0.3, -0.25) is 9.48 Å². The van der Waals surface area contributed by atoms with E-state index in [2.05, 4.69) is 31.0 Å². The maximum atomic E-state index is 13.3. The van der Waals surface area contributed by atoms with E-state index in [1.807, 2.05) is 23.8 Å². The van der Waals surface area contributed by atoms with Crippen molar-refractivity contribution in [2.45, 2.75) is 84.2 Å². The van der Waals surface area contributed by atoms with Crippen molar-refractivity contribution in [3.05, 3.63) is 53.4 Å². The first kappa shape index (κ1) is 20.6. The van der Waals surface area contributed by atoms with Gasteiger partial charge < -0.3 is 5.32 Å². The molecule has 28 heavy (non-hydrogen) atoms. The van der Waals surface area contributed by atoms with Crippen molar-refractivity contribution in [1.82, 2.24) is 15.1 Å². The summed E-state index contributed by atoms with van der Waals surface area (Å²) < 4.78 is 1.90. The summed E-state index contributed by atoms with van der Waals surface area (Å²) in [4.78, 5) is 13.3. The zero-order chi connectivity index (χ0) is 19.9. The van der Waals surface area contributed by atoms with Crippen LogP contribution in [0.2, 0.25) is 0 Å². The number of fused-ring (bicyclic) bond motifs is 1. The largest absolute Gasteiger partial charge is 0.348 e. The van der Waals surface area contributed by atoms with Crippen LogP contribution in [0.5, 0.6) is 0 Å². The number of carbonyl (C=O) groups is 1. The van der Waals surface area contributed by atoms with Crippen LogP contribution in [0.1, 0.15) is 80.5 Å². The summed E-state index contributed by atoms with van der Waals surface area (Å²) in [6.45, 7) is 9.03. The SMILES string of the molecule is C=C(/C=C\C/C=C\C)Cn1nc2c(c1C(=O)N[C@H]1CCCCC1C)CCCC2. The predicted molar refractivity (Wildman–Crippen MR) is 115 cm³/mol. The molecule has 1 fully saturated rings. The molecule has 1 unspecified atom stereocenters. The molecule has 1 aromatic heterocycles. The molecule has 0 bridgehead atoms. The van der Waals surface area contributed by atoms with Crippen molar-refractivity contribution >= 4 is 5.91 Å². The Morgan fingerprint density at radius 3 is 2.79 bits per heavy atom. The van der Waals surface area contributed by atoms with Crippen molar-refractivity contribution in [2.24, 2.45) is 5.92 Å². The molecule has 4 heteroatoms. The summed E-state index contributed by atoms with van der Waals surface area (Å²) in [5.74, 6) is 0.606. The Labute approximate surface area is 169 Å². The van der Waals surface area contributed by atoms with Gasteiger partial charge in [0.25, 0.3) is 5.91 Å². The standard InChI is InChI=1S/C24H35N3O/c1-4-5-6-7-12-18(2)17-27-23(20-14-9-11-16-22(20)26-27)24(28)25-21-15-10-8-13-19(21)3/h4-5,7,12,19,21H,2,6,8-11,13-17H2,1,3H3,(H,25,28)/b5-4-,12-7-/t19?,21-/m0/s1. The highest BCUT2D eigenvalue weighted by Crippen LogP contribution is 2.27. The van der Waals surface area contributed by atoms with Crippen LogP contribution in [0, 0.1) is 5.92 Å². The number of aryl methyl sites for hydroxylation is 1. The lowest BCUT2D eigenvalue weighted by molar-refractivity contribution is 0.0898. The lowest BCUT2D eigenvalue weighted by Gasteiger charge is -2.29. The Morgan fingerprint density at radius 1 is 1.21 bits per heavy atom. The maximum Gasteiger partial charge on any atom is 0.270 e. The highest BCUT2D eigenvalue weighted by atomic mass is 16.2. The minimum atomic E-state index is 0.0556. The summed E-state index contributed by atoms with van der Waals surface area (Å²) >= 11 is 0. The van der Waals surface area contributed by atoms with Gasteiger partial charge in [0.2, 0.25) is 0 Å². The number of nitrogens with one attached hydrogen (secondary N) is 1. The molecule has 1 saturated carbocycles. The fraction of sp³-hybridized carbons (Fsp3) is 0.583. The molecule has 4 nitrogen and oxygen atoms in total. The maximum absolute atomic E-state index is 13.3. The topological polar surface area (TPSA) is 46.9 Å². The Hall–Kier alpha value is -2.10. The fourth-order valence-electron chi connectivity index (χ4n) is 4.44. The highest BCUT2D eigenvalue weighted by Gasteiger charge is 2.29. The first-order valence-corrected chi connectivity index (χ1v) is 10.9. The number of hydrogen-bond acceptors (Lipinski definition) is 2. The van der Waals surface area contributed by atoms with Crippen molar-refractivity contribution in [3.8, 4) is 0 Å². The van der Waals surface area contributed by atoms with Gasteiger partial charge in [-0.15, -0.1) is 0 Å². The van der Waals surface area contributed by atoms with Crippen molar-refractivity contribution in [2.75, 3.05) is 0 Å². The first-order chi connectivity index (χ1) is 13.6. The summed E-state index contributed by atoms with van der Waals surface area (Å²) in [5.41, 5.74) is 4.02. The molecule has 1 amide bonds. The molecule has 0 saturated heterocycles. The number of amides is 1. The predicted octanol–water partition coefficient (Wildman–Crippen LogP) is 5.15. The quantitative estimate of drug-likeness (QED) is 0.524. The average Bonchev–Trinajstić information content (AvgIpc) is 3.05. The molecule has 152 valence electrons. The molecule has 0 spiro atoms. The van der Waals surface area contributed by atoms with E-state index in [9.17, 15) is 4.79 Å². The molecule has 2 aliphatic carbocycles. The first-order valence-electron chi connectivity index (χ1n) is 10.9. The van der Waals surface area contributed by atoms with E-state index in [4.69, 9.17) is 5.10 Å². The third-order valence-electron chi connectivity index (χ3n) is 6.08. The number of aromatic nitrogens is 2. The van der Waals surface area contributed by atoms with Gasteiger partial charge >= 0.3 is 0 Å². The lowest BCUT2D eigenvalue weighted by atomic mass is 9.86. The molecule has 2 atom stereocenters. The van der Waals surface area contributed by atoms with Crippen LogP contribution in [0.15, 0.2) is 36.5 Å². The molecule has 1 N–H and O–H groups in total. The van der Waals surface area contributed by atoms with Crippen LogP contribution in [-0.2, 0) is 19.4 Å². The van der Waals surface area contributed by atoms with Gasteiger partial charge in [0.15, 0.2) is 0 Å². The molecular formula is C24H35N3O. The van der Waals surface area contributed by atoms with Crippen molar-refractivity contribution in [1.29, 1.82) is 0 Å². The Balaban J connectivity index is 1.78. The molecule has 1 heterocycles. The third-order valence-corrected chi connectivity index (χ3v) is 6.08. The van der Waals surface area contributed by atoms with Crippen LogP contribution in [0.4, 0.5) is 0 Å². The van der Waals surface area contributed by atoms with Crippen LogP contribution in [-0.4, -0.2) is 21.7 Å². The van der Waals surface area contributed by atoms with Gasteiger partial charge in [-0.1, -0.05) is 50.6 Å². The van der Waals surface area contributed by atoms with Crippen LogP contribution < -0.4 is 5.32 Å². The Kier molecular flexibility index (Phi) is 7.30. The summed E-state index contributed by atoms with van der Waals surface area (Å²) in [6.07, 6.45) is 18.2. The Bertz CT molecular complexity index is 756. The molecule has 0 radical (unpaired) electrons. The van der Waals surface area contributed by atoms with Crippen LogP contribution >= 0.6 is 0 Å². The van der Waals surface area contributed by atoms with Crippen molar-refractivity contribution in [3.63, 3.8) is 0 Å². The van der Waals surface area contributed by atoms with E-state index in [0.29, 0.717) is 12.5 Å². The molecule has 0 aliphatic heterocycles. The van der Waals surface area contributed by atoms with E-state index < -0.39 is 0 Å².